The average Bonchev–Trinajstić information content (AvgIpc) is 2.49. The number of hydrogen-bond donors (Lipinski definition) is 1. The molecular formula is C16H30N4. The molecule has 0 aromatic heterocycles. The quantitative estimate of drug-likeness (QED) is 0.833. The summed E-state index contributed by atoms with van der Waals surface area (Å²) in [6.07, 6.45) is 6.72. The molecular weight excluding hydrogens is 248 g/mol. The lowest BCUT2D eigenvalue weighted by atomic mass is 9.97. The van der Waals surface area contributed by atoms with Crippen molar-refractivity contribution >= 4 is 0 Å². The molecule has 0 aliphatic carbocycles. The van der Waals surface area contributed by atoms with E-state index in [-0.39, 0.29) is 0 Å². The van der Waals surface area contributed by atoms with Crippen LogP contribution in [0.3, 0.4) is 0 Å². The van der Waals surface area contributed by atoms with Crippen molar-refractivity contribution in [3.05, 3.63) is 0 Å². The fraction of sp³-hybridized carbons (Fsp3) is 0.938. The Kier molecular flexibility index (Phi) is 5.83. The summed E-state index contributed by atoms with van der Waals surface area (Å²) in [5.74, 6) is 0. The minimum absolute atomic E-state index is 0.396. The first-order valence-electron chi connectivity index (χ1n) is 8.29. The van der Waals surface area contributed by atoms with Gasteiger partial charge in [-0.2, -0.15) is 5.26 Å². The number of rotatable bonds is 5. The van der Waals surface area contributed by atoms with E-state index in [1.165, 1.54) is 45.2 Å². The third-order valence-electron chi connectivity index (χ3n) is 4.82. The lowest BCUT2D eigenvalue weighted by molar-refractivity contribution is 0.0844. The summed E-state index contributed by atoms with van der Waals surface area (Å²) in [6, 6.07) is 3.23. The van der Waals surface area contributed by atoms with E-state index in [4.69, 9.17) is 0 Å². The summed E-state index contributed by atoms with van der Waals surface area (Å²) in [7, 11) is 0. The Balaban J connectivity index is 1.77. The largest absolute Gasteiger partial charge is 0.300 e. The number of nitriles is 1. The van der Waals surface area contributed by atoms with Crippen LogP contribution in [0.25, 0.3) is 0 Å². The molecule has 2 heterocycles. The van der Waals surface area contributed by atoms with Gasteiger partial charge in [-0.25, -0.2) is 0 Å². The maximum atomic E-state index is 9.36. The second-order valence-corrected chi connectivity index (χ2v) is 6.58. The fourth-order valence-electron chi connectivity index (χ4n) is 3.69. The van der Waals surface area contributed by atoms with E-state index >= 15 is 0 Å². The van der Waals surface area contributed by atoms with E-state index in [1.54, 1.807) is 0 Å². The second-order valence-electron chi connectivity index (χ2n) is 6.58. The van der Waals surface area contributed by atoms with Crippen molar-refractivity contribution in [2.45, 2.75) is 57.5 Å². The van der Waals surface area contributed by atoms with Crippen LogP contribution >= 0.6 is 0 Å². The lowest BCUT2D eigenvalue weighted by Crippen LogP contribution is -2.54. The molecule has 2 rings (SSSR count). The summed E-state index contributed by atoms with van der Waals surface area (Å²) in [5, 5.41) is 12.7. The Morgan fingerprint density at radius 2 is 1.80 bits per heavy atom. The minimum atomic E-state index is -0.396. The van der Waals surface area contributed by atoms with Crippen LogP contribution < -0.4 is 5.32 Å². The highest BCUT2D eigenvalue weighted by atomic mass is 15.2. The molecule has 0 bridgehead atoms. The van der Waals surface area contributed by atoms with Crippen molar-refractivity contribution in [2.75, 3.05) is 39.3 Å². The number of likely N-dealkylation sites (N-methyl/N-ethyl adjacent to an activating group) is 1. The molecule has 0 amide bonds. The van der Waals surface area contributed by atoms with Crippen LogP contribution in [-0.2, 0) is 0 Å². The highest BCUT2D eigenvalue weighted by Crippen LogP contribution is 2.21. The van der Waals surface area contributed by atoms with Gasteiger partial charge in [0.2, 0.25) is 0 Å². The van der Waals surface area contributed by atoms with Gasteiger partial charge in [0.05, 0.1) is 6.07 Å². The first kappa shape index (κ1) is 15.8. The SMILES string of the molecule is CCNC(C)(C#N)CN1CCC(N2CCCCC2)CC1. The van der Waals surface area contributed by atoms with Crippen molar-refractivity contribution < 1.29 is 0 Å². The van der Waals surface area contributed by atoms with E-state index in [9.17, 15) is 5.26 Å². The molecule has 0 saturated carbocycles. The van der Waals surface area contributed by atoms with Gasteiger partial charge < -0.3 is 9.80 Å². The average molecular weight is 278 g/mol. The van der Waals surface area contributed by atoms with Gasteiger partial charge in [0.25, 0.3) is 0 Å². The van der Waals surface area contributed by atoms with Gasteiger partial charge in [-0.3, -0.25) is 5.32 Å². The number of piperidine rings is 2. The van der Waals surface area contributed by atoms with Crippen molar-refractivity contribution in [3.63, 3.8) is 0 Å². The maximum Gasteiger partial charge on any atom is 0.116 e. The van der Waals surface area contributed by atoms with Crippen LogP contribution in [0.1, 0.15) is 46.0 Å². The summed E-state index contributed by atoms with van der Waals surface area (Å²) < 4.78 is 0. The highest BCUT2D eigenvalue weighted by Gasteiger charge is 2.30. The molecule has 1 atom stereocenters. The van der Waals surface area contributed by atoms with Gasteiger partial charge in [-0.15, -0.1) is 0 Å². The Labute approximate surface area is 124 Å². The molecule has 1 unspecified atom stereocenters. The van der Waals surface area contributed by atoms with E-state index in [2.05, 4.69) is 28.1 Å². The van der Waals surface area contributed by atoms with Crippen molar-refractivity contribution in [1.29, 1.82) is 5.26 Å². The van der Waals surface area contributed by atoms with Crippen molar-refractivity contribution in [3.8, 4) is 6.07 Å². The van der Waals surface area contributed by atoms with Gasteiger partial charge in [0.15, 0.2) is 0 Å². The molecule has 4 heteroatoms. The molecule has 0 radical (unpaired) electrons. The van der Waals surface area contributed by atoms with Gasteiger partial charge in [0.1, 0.15) is 5.54 Å². The smallest absolute Gasteiger partial charge is 0.116 e. The van der Waals surface area contributed by atoms with Crippen LogP contribution in [0.5, 0.6) is 0 Å². The standard InChI is InChI=1S/C16H30N4/c1-3-18-16(2,13-17)14-19-11-7-15(8-12-19)20-9-5-4-6-10-20/h15,18H,3-12,14H2,1-2H3. The topological polar surface area (TPSA) is 42.3 Å². The van der Waals surface area contributed by atoms with Crippen LogP contribution in [0.4, 0.5) is 0 Å². The highest BCUT2D eigenvalue weighted by molar-refractivity contribution is 5.06. The number of nitrogens with one attached hydrogen (secondary N) is 1. The summed E-state index contributed by atoms with van der Waals surface area (Å²) in [4.78, 5) is 5.17. The van der Waals surface area contributed by atoms with Crippen LogP contribution in [0, 0.1) is 11.3 Å². The molecule has 114 valence electrons. The molecule has 0 spiro atoms. The third-order valence-corrected chi connectivity index (χ3v) is 4.82. The minimum Gasteiger partial charge on any atom is -0.300 e. The van der Waals surface area contributed by atoms with Crippen molar-refractivity contribution in [2.24, 2.45) is 0 Å². The van der Waals surface area contributed by atoms with Gasteiger partial charge in [-0.05, 0) is 65.3 Å². The van der Waals surface area contributed by atoms with E-state index < -0.39 is 5.54 Å². The normalized spacial score (nSPS) is 26.1. The zero-order chi connectivity index (χ0) is 14.4. The molecule has 0 aromatic rings. The van der Waals surface area contributed by atoms with Gasteiger partial charge in [-0.1, -0.05) is 13.3 Å². The lowest BCUT2D eigenvalue weighted by Gasteiger charge is -2.41. The number of nitrogens with zero attached hydrogens (tertiary/aromatic N) is 3. The monoisotopic (exact) mass is 278 g/mol. The van der Waals surface area contributed by atoms with E-state index in [0.717, 1.165) is 32.2 Å². The molecule has 2 aliphatic heterocycles. The molecule has 2 fully saturated rings. The molecule has 2 saturated heterocycles. The summed E-state index contributed by atoms with van der Waals surface area (Å²) in [5.41, 5.74) is -0.396. The Hall–Kier alpha value is -0.630. The Bertz CT molecular complexity index is 324. The van der Waals surface area contributed by atoms with Gasteiger partial charge >= 0.3 is 0 Å². The molecule has 4 nitrogen and oxygen atoms in total. The fourth-order valence-corrected chi connectivity index (χ4v) is 3.69. The predicted molar refractivity (Wildman–Crippen MR) is 82.6 cm³/mol. The first-order valence-corrected chi connectivity index (χ1v) is 8.29. The second kappa shape index (κ2) is 7.40. The molecule has 0 aromatic carbocycles. The number of hydrogen-bond acceptors (Lipinski definition) is 4. The Morgan fingerprint density at radius 1 is 1.15 bits per heavy atom. The molecule has 1 N–H and O–H groups in total. The van der Waals surface area contributed by atoms with Gasteiger partial charge in [0, 0.05) is 12.6 Å². The van der Waals surface area contributed by atoms with Crippen LogP contribution in [0.15, 0.2) is 0 Å². The maximum absolute atomic E-state index is 9.36. The first-order chi connectivity index (χ1) is 9.67. The third kappa shape index (κ3) is 4.18. The summed E-state index contributed by atoms with van der Waals surface area (Å²) >= 11 is 0. The van der Waals surface area contributed by atoms with Crippen LogP contribution in [0.2, 0.25) is 0 Å². The predicted octanol–water partition coefficient (Wildman–Crippen LogP) is 1.83. The van der Waals surface area contributed by atoms with E-state index in [0.29, 0.717) is 0 Å². The van der Waals surface area contributed by atoms with Crippen LogP contribution in [-0.4, -0.2) is 60.6 Å². The molecule has 2 aliphatic rings. The molecule has 20 heavy (non-hydrogen) atoms. The zero-order valence-electron chi connectivity index (χ0n) is 13.2. The Morgan fingerprint density at radius 3 is 2.35 bits per heavy atom. The van der Waals surface area contributed by atoms with Crippen molar-refractivity contribution in [1.82, 2.24) is 15.1 Å². The zero-order valence-corrected chi connectivity index (χ0v) is 13.2. The summed E-state index contributed by atoms with van der Waals surface area (Å²) in [6.45, 7) is 10.7. The number of likely N-dealkylation sites (tertiary alicyclic amines) is 2. The van der Waals surface area contributed by atoms with E-state index in [1.807, 2.05) is 6.92 Å².